The predicted molar refractivity (Wildman–Crippen MR) is 123 cm³/mol. The predicted octanol–water partition coefficient (Wildman–Crippen LogP) is -1.05. The van der Waals surface area contributed by atoms with Gasteiger partial charge in [-0.25, -0.2) is 0 Å². The van der Waals surface area contributed by atoms with Gasteiger partial charge in [0.1, 0.15) is 11.8 Å². The van der Waals surface area contributed by atoms with E-state index in [4.69, 9.17) is 24.7 Å². The van der Waals surface area contributed by atoms with Crippen molar-refractivity contribution in [1.29, 1.82) is 0 Å². The first kappa shape index (κ1) is 26.5. The van der Waals surface area contributed by atoms with E-state index < -0.39 is 11.9 Å². The second-order valence-electron chi connectivity index (χ2n) is 7.95. The summed E-state index contributed by atoms with van der Waals surface area (Å²) in [6, 6.07) is 4.29. The molecule has 1 fully saturated rings. The Hall–Kier alpha value is -3.06. The number of nitrogens with one attached hydrogen (secondary N) is 2. The first-order valence-electron chi connectivity index (χ1n) is 11.6. The van der Waals surface area contributed by atoms with Crippen LogP contribution in [0.3, 0.4) is 0 Å². The van der Waals surface area contributed by atoms with Crippen LogP contribution in [-0.2, 0) is 35.1 Å². The number of nitrogens with zero attached hydrogens (tertiary/aromatic N) is 1. The van der Waals surface area contributed by atoms with Gasteiger partial charge in [0.2, 0.25) is 11.8 Å². The van der Waals surface area contributed by atoms with Gasteiger partial charge in [0.15, 0.2) is 6.61 Å². The topological polar surface area (TPSA) is 159 Å². The fraction of sp³-hybridized carbons (Fsp3) is 0.565. The Kier molecular flexibility index (Phi) is 10.4. The number of hydrogen-bond donors (Lipinski definition) is 3. The lowest BCUT2D eigenvalue weighted by Crippen LogP contribution is -2.52. The summed E-state index contributed by atoms with van der Waals surface area (Å²) in [7, 11) is 0. The smallest absolute Gasteiger partial charge is 0.258 e. The number of amides is 4. The fourth-order valence-corrected chi connectivity index (χ4v) is 3.77. The molecule has 0 aliphatic carbocycles. The molecule has 0 spiro atoms. The quantitative estimate of drug-likeness (QED) is 0.205. The van der Waals surface area contributed by atoms with Crippen LogP contribution >= 0.6 is 0 Å². The molecule has 4 amide bonds. The minimum Gasteiger partial charge on any atom is -0.483 e. The van der Waals surface area contributed by atoms with Crippen LogP contribution in [0.4, 0.5) is 0 Å². The molecule has 1 saturated heterocycles. The Balaban J connectivity index is 1.35. The summed E-state index contributed by atoms with van der Waals surface area (Å²) in [5.74, 6) is -1.04. The summed E-state index contributed by atoms with van der Waals surface area (Å²) in [5, 5.41) is 4.98. The van der Waals surface area contributed by atoms with Crippen molar-refractivity contribution in [3.63, 3.8) is 0 Å². The SMILES string of the molecule is NCCOCCOCCOCCNC(=O)COc1cccc2c1CN(C1CCC(=O)NC1=O)C2=O. The summed E-state index contributed by atoms with van der Waals surface area (Å²) in [6.45, 7) is 3.37. The number of carbonyl (C=O) groups excluding carboxylic acids is 4. The molecule has 1 atom stereocenters. The number of benzene rings is 1. The first-order valence-corrected chi connectivity index (χ1v) is 11.6. The molecule has 0 radical (unpaired) electrons. The number of piperidine rings is 1. The Morgan fingerprint density at radius 1 is 1.06 bits per heavy atom. The minimum atomic E-state index is -0.710. The minimum absolute atomic E-state index is 0.174. The molecule has 2 heterocycles. The zero-order chi connectivity index (χ0) is 25.0. The molecule has 192 valence electrons. The number of imide groups is 1. The van der Waals surface area contributed by atoms with E-state index in [1.807, 2.05) is 0 Å². The average molecular weight is 493 g/mol. The maximum atomic E-state index is 12.8. The van der Waals surface area contributed by atoms with Crippen molar-refractivity contribution < 1.29 is 38.1 Å². The molecular weight excluding hydrogens is 460 g/mol. The van der Waals surface area contributed by atoms with Gasteiger partial charge in [0, 0.05) is 30.6 Å². The monoisotopic (exact) mass is 492 g/mol. The van der Waals surface area contributed by atoms with Gasteiger partial charge in [-0.15, -0.1) is 0 Å². The molecule has 35 heavy (non-hydrogen) atoms. The van der Waals surface area contributed by atoms with E-state index in [0.717, 1.165) is 0 Å². The Labute approximate surface area is 203 Å². The molecule has 1 aromatic rings. The van der Waals surface area contributed by atoms with Gasteiger partial charge >= 0.3 is 0 Å². The normalized spacial score (nSPS) is 17.3. The van der Waals surface area contributed by atoms with E-state index >= 15 is 0 Å². The Morgan fingerprint density at radius 3 is 2.49 bits per heavy atom. The van der Waals surface area contributed by atoms with E-state index in [1.165, 1.54) is 4.90 Å². The zero-order valence-electron chi connectivity index (χ0n) is 19.6. The van der Waals surface area contributed by atoms with Crippen molar-refractivity contribution in [3.05, 3.63) is 29.3 Å². The lowest BCUT2D eigenvalue weighted by atomic mass is 10.0. The number of nitrogens with two attached hydrogens (primary N) is 1. The van der Waals surface area contributed by atoms with Gasteiger partial charge in [-0.2, -0.15) is 0 Å². The van der Waals surface area contributed by atoms with E-state index in [0.29, 0.717) is 69.6 Å². The Bertz CT molecular complexity index is 910. The highest BCUT2D eigenvalue weighted by Crippen LogP contribution is 2.33. The number of ether oxygens (including phenoxy) is 4. The molecule has 2 aliphatic rings. The van der Waals surface area contributed by atoms with Gasteiger partial charge in [-0.1, -0.05) is 6.07 Å². The van der Waals surface area contributed by atoms with Gasteiger partial charge in [0.05, 0.1) is 46.2 Å². The standard InChI is InChI=1S/C23H32N4O8/c24-6-8-32-10-12-34-13-11-33-9-7-25-21(29)15-35-19-3-1-2-16-17(19)14-27(23(16)31)18-4-5-20(28)26-22(18)30/h1-3,18H,4-15,24H2,(H,25,29)(H,26,28,30). The second kappa shape index (κ2) is 13.7. The van der Waals surface area contributed by atoms with Crippen LogP contribution < -0.4 is 21.1 Å². The highest BCUT2D eigenvalue weighted by molar-refractivity contribution is 6.05. The fourth-order valence-electron chi connectivity index (χ4n) is 3.77. The molecule has 12 nitrogen and oxygen atoms in total. The van der Waals surface area contributed by atoms with Crippen LogP contribution in [-0.4, -0.2) is 93.9 Å². The molecule has 1 aromatic carbocycles. The van der Waals surface area contributed by atoms with E-state index in [2.05, 4.69) is 10.6 Å². The van der Waals surface area contributed by atoms with E-state index in [9.17, 15) is 19.2 Å². The summed E-state index contributed by atoms with van der Waals surface area (Å²) in [4.78, 5) is 50.0. The highest BCUT2D eigenvalue weighted by Gasteiger charge is 2.40. The summed E-state index contributed by atoms with van der Waals surface area (Å²) < 4.78 is 21.6. The molecule has 0 bridgehead atoms. The third-order valence-corrected chi connectivity index (χ3v) is 5.47. The van der Waals surface area contributed by atoms with Gasteiger partial charge in [-0.05, 0) is 18.6 Å². The van der Waals surface area contributed by atoms with Crippen molar-refractivity contribution in [3.8, 4) is 5.75 Å². The summed E-state index contributed by atoms with van der Waals surface area (Å²) >= 11 is 0. The molecule has 3 rings (SSSR count). The molecule has 2 aliphatic heterocycles. The molecular formula is C23H32N4O8. The largest absolute Gasteiger partial charge is 0.483 e. The second-order valence-corrected chi connectivity index (χ2v) is 7.95. The highest BCUT2D eigenvalue weighted by atomic mass is 16.5. The third-order valence-electron chi connectivity index (χ3n) is 5.47. The first-order chi connectivity index (χ1) is 17.0. The Morgan fingerprint density at radius 2 is 1.77 bits per heavy atom. The summed E-state index contributed by atoms with van der Waals surface area (Å²) in [6.07, 6.45) is 0.460. The third kappa shape index (κ3) is 7.72. The molecule has 0 saturated carbocycles. The number of carbonyl (C=O) groups is 4. The number of rotatable bonds is 15. The summed E-state index contributed by atoms with van der Waals surface area (Å²) in [5.41, 5.74) is 6.36. The van der Waals surface area contributed by atoms with Crippen molar-refractivity contribution in [2.75, 3.05) is 59.3 Å². The van der Waals surface area contributed by atoms with Crippen LogP contribution in [0.5, 0.6) is 5.75 Å². The molecule has 12 heteroatoms. The van der Waals surface area contributed by atoms with Crippen LogP contribution in [0.15, 0.2) is 18.2 Å². The van der Waals surface area contributed by atoms with Crippen molar-refractivity contribution in [2.45, 2.75) is 25.4 Å². The van der Waals surface area contributed by atoms with Gasteiger partial charge < -0.3 is 34.9 Å². The van der Waals surface area contributed by atoms with Crippen LogP contribution in [0.1, 0.15) is 28.8 Å². The lowest BCUT2D eigenvalue weighted by Gasteiger charge is -2.29. The number of hydrogen-bond acceptors (Lipinski definition) is 9. The van der Waals surface area contributed by atoms with Crippen LogP contribution in [0.25, 0.3) is 0 Å². The maximum absolute atomic E-state index is 12.8. The van der Waals surface area contributed by atoms with Gasteiger partial charge in [-0.3, -0.25) is 24.5 Å². The molecule has 1 unspecified atom stereocenters. The van der Waals surface area contributed by atoms with E-state index in [1.54, 1.807) is 18.2 Å². The van der Waals surface area contributed by atoms with Gasteiger partial charge in [0.25, 0.3) is 11.8 Å². The van der Waals surface area contributed by atoms with Crippen molar-refractivity contribution in [2.24, 2.45) is 5.73 Å². The zero-order valence-corrected chi connectivity index (χ0v) is 19.6. The molecule has 4 N–H and O–H groups in total. The van der Waals surface area contributed by atoms with E-state index in [-0.39, 0.29) is 43.7 Å². The van der Waals surface area contributed by atoms with Crippen molar-refractivity contribution >= 4 is 23.6 Å². The number of fused-ring (bicyclic) bond motifs is 1. The molecule has 0 aromatic heterocycles. The average Bonchev–Trinajstić information content (AvgIpc) is 3.18. The maximum Gasteiger partial charge on any atom is 0.258 e. The van der Waals surface area contributed by atoms with Crippen LogP contribution in [0.2, 0.25) is 0 Å². The van der Waals surface area contributed by atoms with Crippen LogP contribution in [0, 0.1) is 0 Å². The lowest BCUT2D eigenvalue weighted by molar-refractivity contribution is -0.137. The van der Waals surface area contributed by atoms with Crippen molar-refractivity contribution in [1.82, 2.24) is 15.5 Å².